The van der Waals surface area contributed by atoms with Gasteiger partial charge in [0.05, 0.1) is 5.52 Å². The quantitative estimate of drug-likeness (QED) is 0.432. The molecular formula is C24H26N4OS. The number of fused-ring (bicyclic) bond motifs is 3. The van der Waals surface area contributed by atoms with Crippen LogP contribution in [0.3, 0.4) is 0 Å². The fraction of sp³-hybridized carbons (Fsp3) is 0.292. The molecule has 2 aromatic heterocycles. The number of aromatic nitrogens is 3. The summed E-state index contributed by atoms with van der Waals surface area (Å²) < 4.78 is 2.12. The van der Waals surface area contributed by atoms with Crippen molar-refractivity contribution < 1.29 is 4.79 Å². The molecule has 0 bridgehead atoms. The Balaban J connectivity index is 1.55. The molecule has 0 atom stereocenters. The van der Waals surface area contributed by atoms with Crippen molar-refractivity contribution in [3.63, 3.8) is 0 Å². The van der Waals surface area contributed by atoms with Crippen LogP contribution in [-0.4, -0.2) is 26.3 Å². The Morgan fingerprint density at radius 3 is 2.43 bits per heavy atom. The Kier molecular flexibility index (Phi) is 5.52. The maximum Gasteiger partial charge on any atom is 0.225 e. The minimum atomic E-state index is 0.0150. The minimum absolute atomic E-state index is 0.0150. The summed E-state index contributed by atoms with van der Waals surface area (Å²) in [5.74, 6) is 0.652. The fourth-order valence-corrected chi connectivity index (χ4v) is 4.84. The average Bonchev–Trinajstić information content (AvgIpc) is 3.07. The number of hydrogen-bond donors (Lipinski definition) is 1. The maximum atomic E-state index is 12.5. The predicted molar refractivity (Wildman–Crippen MR) is 125 cm³/mol. The molecule has 0 fully saturated rings. The summed E-state index contributed by atoms with van der Waals surface area (Å²) in [6, 6.07) is 12.5. The highest BCUT2D eigenvalue weighted by Gasteiger charge is 2.15. The zero-order valence-electron chi connectivity index (χ0n) is 18.0. The maximum absolute atomic E-state index is 12.5. The van der Waals surface area contributed by atoms with Gasteiger partial charge in [-0.15, -0.1) is 10.2 Å². The predicted octanol–water partition coefficient (Wildman–Crippen LogP) is 5.55. The molecule has 0 aliphatic heterocycles. The molecule has 0 aliphatic rings. The van der Waals surface area contributed by atoms with Gasteiger partial charge in [0.2, 0.25) is 5.91 Å². The molecule has 0 saturated carbocycles. The van der Waals surface area contributed by atoms with Gasteiger partial charge < -0.3 is 5.32 Å². The lowest BCUT2D eigenvalue weighted by Crippen LogP contribution is -2.14. The molecule has 0 aliphatic carbocycles. The summed E-state index contributed by atoms with van der Waals surface area (Å²) in [5.41, 5.74) is 8.69. The van der Waals surface area contributed by atoms with Crippen molar-refractivity contribution in [3.05, 3.63) is 64.2 Å². The number of carbonyl (C=O) groups is 1. The Hall–Kier alpha value is -2.86. The van der Waals surface area contributed by atoms with E-state index < -0.39 is 0 Å². The van der Waals surface area contributed by atoms with E-state index in [-0.39, 0.29) is 5.91 Å². The van der Waals surface area contributed by atoms with Gasteiger partial charge in [0.1, 0.15) is 0 Å². The summed E-state index contributed by atoms with van der Waals surface area (Å²) in [6.07, 6.45) is 0.412. The highest BCUT2D eigenvalue weighted by Crippen LogP contribution is 2.29. The number of para-hydroxylation sites is 1. The number of hydrogen-bond acceptors (Lipinski definition) is 4. The smallest absolute Gasteiger partial charge is 0.225 e. The first-order chi connectivity index (χ1) is 14.3. The SMILES string of the molecule is Cc1cc(C)c2c(c1)c(C)cc1nnc(SCCC(=O)Nc3c(C)cccc3C)n12. The van der Waals surface area contributed by atoms with E-state index in [0.717, 1.165) is 33.1 Å². The lowest BCUT2D eigenvalue weighted by molar-refractivity contribution is -0.115. The molecule has 5 nitrogen and oxygen atoms in total. The van der Waals surface area contributed by atoms with E-state index in [9.17, 15) is 4.79 Å². The lowest BCUT2D eigenvalue weighted by Gasteiger charge is -2.12. The number of nitrogens with zero attached hydrogens (tertiary/aromatic N) is 3. The molecule has 4 rings (SSSR count). The van der Waals surface area contributed by atoms with Crippen molar-refractivity contribution in [2.45, 2.75) is 46.2 Å². The number of anilines is 1. The summed E-state index contributed by atoms with van der Waals surface area (Å²) in [6.45, 7) is 10.4. The van der Waals surface area contributed by atoms with Crippen molar-refractivity contribution in [2.75, 3.05) is 11.1 Å². The Morgan fingerprint density at radius 2 is 1.70 bits per heavy atom. The number of amides is 1. The topological polar surface area (TPSA) is 59.3 Å². The summed E-state index contributed by atoms with van der Waals surface area (Å²) in [5, 5.41) is 13.9. The van der Waals surface area contributed by atoms with Crippen LogP contribution in [0.5, 0.6) is 0 Å². The number of thioether (sulfide) groups is 1. The highest BCUT2D eigenvalue weighted by atomic mass is 32.2. The van der Waals surface area contributed by atoms with Crippen LogP contribution in [0.2, 0.25) is 0 Å². The molecule has 0 spiro atoms. The van der Waals surface area contributed by atoms with Crippen LogP contribution in [-0.2, 0) is 4.79 Å². The van der Waals surface area contributed by atoms with Gasteiger partial charge in [0.25, 0.3) is 0 Å². The van der Waals surface area contributed by atoms with E-state index in [1.807, 2.05) is 32.0 Å². The van der Waals surface area contributed by atoms with E-state index in [2.05, 4.69) is 58.9 Å². The number of rotatable bonds is 5. The first-order valence-corrected chi connectivity index (χ1v) is 11.1. The van der Waals surface area contributed by atoms with Gasteiger partial charge in [-0.3, -0.25) is 9.20 Å². The molecule has 4 aromatic rings. The molecule has 1 N–H and O–H groups in total. The normalized spacial score (nSPS) is 11.4. The minimum Gasteiger partial charge on any atom is -0.326 e. The number of benzene rings is 2. The van der Waals surface area contributed by atoms with Crippen LogP contribution >= 0.6 is 11.8 Å². The van der Waals surface area contributed by atoms with E-state index in [4.69, 9.17) is 0 Å². The van der Waals surface area contributed by atoms with E-state index in [0.29, 0.717) is 12.2 Å². The molecular weight excluding hydrogens is 392 g/mol. The zero-order valence-corrected chi connectivity index (χ0v) is 18.9. The molecule has 1 amide bonds. The number of aryl methyl sites for hydroxylation is 5. The summed E-state index contributed by atoms with van der Waals surface area (Å²) in [7, 11) is 0. The third-order valence-corrected chi connectivity index (χ3v) is 6.33. The third kappa shape index (κ3) is 3.79. The highest BCUT2D eigenvalue weighted by molar-refractivity contribution is 7.99. The average molecular weight is 419 g/mol. The standard InChI is InChI=1S/C24H26N4OS/c1-14-11-18(5)23-19(12-14)17(4)13-20-26-27-24(28(20)23)30-10-9-21(29)25-22-15(2)7-6-8-16(22)3/h6-8,11-13H,9-10H2,1-5H3,(H,25,29). The molecule has 30 heavy (non-hydrogen) atoms. The molecule has 6 heteroatoms. The molecule has 2 aromatic carbocycles. The van der Waals surface area contributed by atoms with Crippen LogP contribution in [0.25, 0.3) is 16.6 Å². The van der Waals surface area contributed by atoms with E-state index in [1.54, 1.807) is 11.8 Å². The second-order valence-corrected chi connectivity index (χ2v) is 8.96. The summed E-state index contributed by atoms with van der Waals surface area (Å²) in [4.78, 5) is 12.5. The Morgan fingerprint density at radius 1 is 0.967 bits per heavy atom. The third-order valence-electron chi connectivity index (χ3n) is 5.40. The van der Waals surface area contributed by atoms with Crippen LogP contribution in [0.4, 0.5) is 5.69 Å². The van der Waals surface area contributed by atoms with Crippen LogP contribution in [0.15, 0.2) is 41.6 Å². The molecule has 0 radical (unpaired) electrons. The number of nitrogens with one attached hydrogen (secondary N) is 1. The zero-order chi connectivity index (χ0) is 21.4. The number of carbonyl (C=O) groups excluding carboxylic acids is 1. The molecule has 0 saturated heterocycles. The van der Waals surface area contributed by atoms with Crippen LogP contribution in [0.1, 0.15) is 34.2 Å². The second-order valence-electron chi connectivity index (χ2n) is 7.89. The van der Waals surface area contributed by atoms with Crippen molar-refractivity contribution in [1.82, 2.24) is 14.6 Å². The van der Waals surface area contributed by atoms with E-state index in [1.165, 1.54) is 22.1 Å². The molecule has 154 valence electrons. The van der Waals surface area contributed by atoms with E-state index >= 15 is 0 Å². The first-order valence-electron chi connectivity index (χ1n) is 10.1. The largest absolute Gasteiger partial charge is 0.326 e. The van der Waals surface area contributed by atoms with Crippen molar-refractivity contribution >= 4 is 39.9 Å². The molecule has 2 heterocycles. The van der Waals surface area contributed by atoms with Crippen molar-refractivity contribution in [2.24, 2.45) is 0 Å². The Bertz CT molecular complexity index is 1260. The van der Waals surface area contributed by atoms with Crippen molar-refractivity contribution in [3.8, 4) is 0 Å². The van der Waals surface area contributed by atoms with Crippen LogP contribution < -0.4 is 5.32 Å². The fourth-order valence-electron chi connectivity index (χ4n) is 3.96. The van der Waals surface area contributed by atoms with Gasteiger partial charge in [0, 0.05) is 23.2 Å². The first kappa shape index (κ1) is 20.4. The lowest BCUT2D eigenvalue weighted by atomic mass is 10.0. The number of pyridine rings is 1. The van der Waals surface area contributed by atoms with Gasteiger partial charge in [0.15, 0.2) is 10.8 Å². The van der Waals surface area contributed by atoms with Gasteiger partial charge in [-0.25, -0.2) is 0 Å². The summed E-state index contributed by atoms with van der Waals surface area (Å²) >= 11 is 1.57. The van der Waals surface area contributed by atoms with Gasteiger partial charge >= 0.3 is 0 Å². The van der Waals surface area contributed by atoms with Gasteiger partial charge in [-0.1, -0.05) is 41.6 Å². The monoisotopic (exact) mass is 418 g/mol. The molecule has 0 unspecified atom stereocenters. The van der Waals surface area contributed by atoms with Crippen LogP contribution in [0, 0.1) is 34.6 Å². The van der Waals surface area contributed by atoms with Gasteiger partial charge in [-0.2, -0.15) is 0 Å². The second kappa shape index (κ2) is 8.11. The Labute approximate surface area is 180 Å². The van der Waals surface area contributed by atoms with Gasteiger partial charge in [-0.05, 0) is 69.0 Å². The van der Waals surface area contributed by atoms with Crippen molar-refractivity contribution in [1.29, 1.82) is 0 Å².